The van der Waals surface area contributed by atoms with E-state index in [0.29, 0.717) is 0 Å². The Morgan fingerprint density at radius 1 is 1.04 bits per heavy atom. The molecule has 0 aliphatic carbocycles. The Kier molecular flexibility index (Phi) is 5.55. The van der Waals surface area contributed by atoms with Gasteiger partial charge in [0.05, 0.1) is 10.6 Å². The minimum atomic E-state index is -3.69. The first kappa shape index (κ1) is 19.8. The van der Waals surface area contributed by atoms with Crippen molar-refractivity contribution in [2.75, 3.05) is 0 Å². The average molecular weight is 493 g/mol. The monoisotopic (exact) mass is 493 g/mol. The molecule has 7 heteroatoms. The summed E-state index contributed by atoms with van der Waals surface area (Å²) < 4.78 is 26.2. The summed E-state index contributed by atoms with van der Waals surface area (Å²) in [5.41, 5.74) is 6.07. The summed E-state index contributed by atoms with van der Waals surface area (Å²) >= 11 is 2.31. The molecule has 0 aliphatic heterocycles. The third kappa shape index (κ3) is 4.31. The molecule has 0 saturated heterocycles. The normalized spacial score (nSPS) is 12.0. The van der Waals surface area contributed by atoms with Crippen LogP contribution in [0, 0.1) is 24.3 Å². The Hall–Kier alpha value is -1.97. The fraction of sp³-hybridized carbons (Fsp3) is 0.150. The van der Waals surface area contributed by atoms with E-state index in [1.54, 1.807) is 12.1 Å². The zero-order valence-electron chi connectivity index (χ0n) is 15.3. The van der Waals surface area contributed by atoms with Crippen molar-refractivity contribution in [1.82, 2.24) is 4.57 Å². The van der Waals surface area contributed by atoms with Gasteiger partial charge in [-0.3, -0.25) is 4.99 Å². The van der Waals surface area contributed by atoms with E-state index in [1.165, 1.54) is 21.3 Å². The van der Waals surface area contributed by atoms with Crippen LogP contribution in [0.4, 0.5) is 5.69 Å². The van der Waals surface area contributed by atoms with Crippen molar-refractivity contribution in [3.63, 3.8) is 0 Å². The number of aromatic nitrogens is 1. The summed E-state index contributed by atoms with van der Waals surface area (Å²) in [4.78, 5) is 4.70. The molecule has 0 atom stereocenters. The SMILES string of the molecule is Cc1cc(N=Cc2cc(C)n(-c3ccc(S(N)(=O)=O)cc3)c2C)ccc1I. The van der Waals surface area contributed by atoms with Crippen LogP contribution in [0.1, 0.15) is 22.5 Å². The van der Waals surface area contributed by atoms with Gasteiger partial charge in [0.25, 0.3) is 0 Å². The third-order valence-corrected chi connectivity index (χ3v) is 6.53. The molecule has 1 aromatic heterocycles. The molecule has 0 radical (unpaired) electrons. The second-order valence-corrected chi connectivity index (χ2v) is 9.12. The number of hydrogen-bond acceptors (Lipinski definition) is 3. The van der Waals surface area contributed by atoms with Crippen molar-refractivity contribution in [1.29, 1.82) is 0 Å². The van der Waals surface area contributed by atoms with Crippen molar-refractivity contribution in [2.45, 2.75) is 25.7 Å². The van der Waals surface area contributed by atoms with E-state index >= 15 is 0 Å². The summed E-state index contributed by atoms with van der Waals surface area (Å²) in [7, 11) is -3.69. The third-order valence-electron chi connectivity index (χ3n) is 4.39. The molecular formula is C20H20IN3O2S. The van der Waals surface area contributed by atoms with Gasteiger partial charge >= 0.3 is 0 Å². The molecule has 0 unspecified atom stereocenters. The first-order valence-electron chi connectivity index (χ1n) is 8.29. The second-order valence-electron chi connectivity index (χ2n) is 6.39. The lowest BCUT2D eigenvalue weighted by atomic mass is 10.2. The summed E-state index contributed by atoms with van der Waals surface area (Å²) in [6, 6.07) is 14.7. The van der Waals surface area contributed by atoms with Crippen molar-refractivity contribution in [2.24, 2.45) is 10.1 Å². The highest BCUT2D eigenvalue weighted by atomic mass is 127. The molecule has 0 spiro atoms. The smallest absolute Gasteiger partial charge is 0.238 e. The predicted octanol–water partition coefficient (Wildman–Crippen LogP) is 4.41. The van der Waals surface area contributed by atoms with Crippen molar-refractivity contribution >= 4 is 44.5 Å². The molecule has 2 N–H and O–H groups in total. The van der Waals surface area contributed by atoms with Crippen molar-refractivity contribution in [3.8, 4) is 5.69 Å². The quantitative estimate of drug-likeness (QED) is 0.432. The van der Waals surface area contributed by atoms with Crippen LogP contribution in [0.2, 0.25) is 0 Å². The van der Waals surface area contributed by atoms with E-state index in [4.69, 9.17) is 5.14 Å². The molecule has 0 aliphatic rings. The van der Waals surface area contributed by atoms with Crippen molar-refractivity contribution in [3.05, 3.63) is 74.6 Å². The van der Waals surface area contributed by atoms with Gasteiger partial charge in [-0.05, 0) is 97.5 Å². The zero-order valence-corrected chi connectivity index (χ0v) is 18.2. The highest BCUT2D eigenvalue weighted by molar-refractivity contribution is 14.1. The van der Waals surface area contributed by atoms with E-state index in [1.807, 2.05) is 26.1 Å². The van der Waals surface area contributed by atoms with E-state index in [9.17, 15) is 8.42 Å². The summed E-state index contributed by atoms with van der Waals surface area (Å²) in [5.74, 6) is 0. The fourth-order valence-electron chi connectivity index (χ4n) is 2.95. The first-order valence-corrected chi connectivity index (χ1v) is 10.9. The van der Waals surface area contributed by atoms with E-state index in [0.717, 1.165) is 28.3 Å². The number of rotatable bonds is 4. The number of sulfonamides is 1. The van der Waals surface area contributed by atoms with E-state index in [-0.39, 0.29) is 4.90 Å². The molecule has 5 nitrogen and oxygen atoms in total. The van der Waals surface area contributed by atoms with Crippen LogP contribution in [0.25, 0.3) is 5.69 Å². The summed E-state index contributed by atoms with van der Waals surface area (Å²) in [6.45, 7) is 6.09. The van der Waals surface area contributed by atoms with Gasteiger partial charge in [0.15, 0.2) is 0 Å². The summed E-state index contributed by atoms with van der Waals surface area (Å²) in [6.07, 6.45) is 1.86. The molecule has 3 aromatic rings. The number of primary sulfonamides is 1. The van der Waals surface area contributed by atoms with Gasteiger partial charge in [0, 0.05) is 32.4 Å². The maximum Gasteiger partial charge on any atom is 0.238 e. The van der Waals surface area contributed by atoms with Gasteiger partial charge in [0.2, 0.25) is 10.0 Å². The van der Waals surface area contributed by atoms with Crippen LogP contribution in [-0.4, -0.2) is 19.2 Å². The largest absolute Gasteiger partial charge is 0.318 e. The Morgan fingerprint density at radius 2 is 1.70 bits per heavy atom. The van der Waals surface area contributed by atoms with Gasteiger partial charge in [0.1, 0.15) is 0 Å². The first-order chi connectivity index (χ1) is 12.7. The lowest BCUT2D eigenvalue weighted by Gasteiger charge is -2.10. The molecule has 0 fully saturated rings. The molecular weight excluding hydrogens is 473 g/mol. The topological polar surface area (TPSA) is 77.5 Å². The van der Waals surface area contributed by atoms with Crippen LogP contribution in [0.15, 0.2) is 58.4 Å². The van der Waals surface area contributed by atoms with Crippen LogP contribution in [0.3, 0.4) is 0 Å². The molecule has 0 amide bonds. The Balaban J connectivity index is 1.95. The lowest BCUT2D eigenvalue weighted by Crippen LogP contribution is -2.12. The molecule has 2 aromatic carbocycles. The number of nitrogens with two attached hydrogens (primary N) is 1. The number of nitrogens with zero attached hydrogens (tertiary/aromatic N) is 2. The van der Waals surface area contributed by atoms with Crippen LogP contribution >= 0.6 is 22.6 Å². The number of aryl methyl sites for hydroxylation is 2. The highest BCUT2D eigenvalue weighted by Crippen LogP contribution is 2.23. The second kappa shape index (κ2) is 7.57. The lowest BCUT2D eigenvalue weighted by molar-refractivity contribution is 0.598. The molecule has 0 saturated carbocycles. The summed E-state index contributed by atoms with van der Waals surface area (Å²) in [5, 5.41) is 5.17. The average Bonchev–Trinajstić information content (AvgIpc) is 2.89. The van der Waals surface area contributed by atoms with E-state index < -0.39 is 10.0 Å². The van der Waals surface area contributed by atoms with Gasteiger partial charge in [-0.1, -0.05) is 0 Å². The maximum absolute atomic E-state index is 11.4. The number of hydrogen-bond donors (Lipinski definition) is 1. The molecule has 27 heavy (non-hydrogen) atoms. The van der Waals surface area contributed by atoms with Crippen LogP contribution in [0.5, 0.6) is 0 Å². The Labute approximate surface area is 173 Å². The Morgan fingerprint density at radius 3 is 2.30 bits per heavy atom. The fourth-order valence-corrected chi connectivity index (χ4v) is 3.80. The molecule has 140 valence electrons. The van der Waals surface area contributed by atoms with Gasteiger partial charge in [-0.25, -0.2) is 13.6 Å². The zero-order chi connectivity index (χ0) is 19.8. The maximum atomic E-state index is 11.4. The predicted molar refractivity (Wildman–Crippen MR) is 118 cm³/mol. The Bertz CT molecular complexity index is 1130. The molecule has 3 rings (SSSR count). The number of aliphatic imine (C=N–C) groups is 1. The van der Waals surface area contributed by atoms with Crippen LogP contribution in [-0.2, 0) is 10.0 Å². The van der Waals surface area contributed by atoms with Gasteiger partial charge < -0.3 is 4.57 Å². The minimum absolute atomic E-state index is 0.101. The molecule has 1 heterocycles. The van der Waals surface area contributed by atoms with Crippen molar-refractivity contribution < 1.29 is 8.42 Å². The number of halogens is 1. The van der Waals surface area contributed by atoms with Gasteiger partial charge in [-0.2, -0.15) is 0 Å². The minimum Gasteiger partial charge on any atom is -0.318 e. The van der Waals surface area contributed by atoms with E-state index in [2.05, 4.69) is 57.3 Å². The standard InChI is InChI=1S/C20H20IN3O2S/c1-13-10-17(4-9-20(13)21)23-12-16-11-14(2)24(15(16)3)18-5-7-19(8-6-18)27(22,25)26/h4-12H,1-3H3,(H2,22,25,26). The number of benzene rings is 2. The van der Waals surface area contributed by atoms with Gasteiger partial charge in [-0.15, -0.1) is 0 Å². The highest BCUT2D eigenvalue weighted by Gasteiger charge is 2.12. The van der Waals surface area contributed by atoms with Crippen LogP contribution < -0.4 is 5.14 Å². The molecule has 0 bridgehead atoms.